The molecule has 0 radical (unpaired) electrons. The molecular formula is C20H17NO5. The molecule has 0 saturated carbocycles. The molecule has 0 N–H and O–H groups in total. The van der Waals surface area contributed by atoms with E-state index < -0.39 is 5.97 Å². The van der Waals surface area contributed by atoms with Crippen molar-refractivity contribution in [3.63, 3.8) is 0 Å². The van der Waals surface area contributed by atoms with Gasteiger partial charge in [-0.2, -0.15) is 0 Å². The standard InChI is InChI=1S/C20H17NO5/c1-14-11-19(21-26-14)24-13-20(23)25-12-18(22)17-9-7-16(8-10-17)15-5-3-2-4-6-15/h2-11H,12-13H2,1H3. The Bertz CT molecular complexity index is 884. The quantitative estimate of drug-likeness (QED) is 0.479. The average Bonchev–Trinajstić information content (AvgIpc) is 3.10. The minimum absolute atomic E-state index is 0.197. The van der Waals surface area contributed by atoms with Crippen LogP contribution >= 0.6 is 0 Å². The zero-order valence-electron chi connectivity index (χ0n) is 14.2. The molecule has 6 heteroatoms. The third kappa shape index (κ3) is 4.57. The normalized spacial score (nSPS) is 10.3. The molecule has 2 aromatic carbocycles. The van der Waals surface area contributed by atoms with Crippen molar-refractivity contribution in [1.82, 2.24) is 5.16 Å². The Morgan fingerprint density at radius 3 is 2.31 bits per heavy atom. The summed E-state index contributed by atoms with van der Waals surface area (Å²) in [4.78, 5) is 23.8. The number of rotatable bonds is 7. The molecule has 1 heterocycles. The Balaban J connectivity index is 1.49. The maximum Gasteiger partial charge on any atom is 0.344 e. The highest BCUT2D eigenvalue weighted by Gasteiger charge is 2.12. The summed E-state index contributed by atoms with van der Waals surface area (Å²) < 4.78 is 14.8. The molecule has 6 nitrogen and oxygen atoms in total. The highest BCUT2D eigenvalue weighted by molar-refractivity contribution is 5.98. The van der Waals surface area contributed by atoms with Gasteiger partial charge in [0.25, 0.3) is 5.88 Å². The minimum Gasteiger partial charge on any atom is -0.463 e. The van der Waals surface area contributed by atoms with Crippen LogP contribution in [0, 0.1) is 6.92 Å². The van der Waals surface area contributed by atoms with E-state index in [1.54, 1.807) is 25.1 Å². The number of benzene rings is 2. The number of hydrogen-bond acceptors (Lipinski definition) is 6. The van der Waals surface area contributed by atoms with Gasteiger partial charge in [-0.1, -0.05) is 54.6 Å². The van der Waals surface area contributed by atoms with E-state index in [4.69, 9.17) is 14.0 Å². The molecule has 0 spiro atoms. The van der Waals surface area contributed by atoms with Crippen LogP contribution in [0.1, 0.15) is 16.1 Å². The molecular weight excluding hydrogens is 334 g/mol. The number of nitrogens with zero attached hydrogens (tertiary/aromatic N) is 1. The fraction of sp³-hybridized carbons (Fsp3) is 0.150. The van der Waals surface area contributed by atoms with Crippen LogP contribution in [0.5, 0.6) is 5.88 Å². The molecule has 1 aromatic heterocycles. The summed E-state index contributed by atoms with van der Waals surface area (Å²) in [7, 11) is 0. The van der Waals surface area contributed by atoms with Gasteiger partial charge in [-0.15, -0.1) is 0 Å². The second-order valence-corrected chi connectivity index (χ2v) is 5.59. The van der Waals surface area contributed by atoms with E-state index in [1.165, 1.54) is 0 Å². The van der Waals surface area contributed by atoms with Crippen LogP contribution in [0.4, 0.5) is 0 Å². The Morgan fingerprint density at radius 1 is 0.962 bits per heavy atom. The van der Waals surface area contributed by atoms with Crippen LogP contribution in [0.15, 0.2) is 65.2 Å². The van der Waals surface area contributed by atoms with Crippen molar-refractivity contribution in [2.75, 3.05) is 13.2 Å². The summed E-state index contributed by atoms with van der Waals surface area (Å²) in [5.41, 5.74) is 2.55. The summed E-state index contributed by atoms with van der Waals surface area (Å²) in [6.07, 6.45) is 0. The Hall–Kier alpha value is -3.41. The molecule has 0 unspecified atom stereocenters. The molecule has 0 fully saturated rings. The predicted octanol–water partition coefficient (Wildman–Crippen LogP) is 3.45. The second kappa shape index (κ2) is 8.11. The molecule has 3 aromatic rings. The molecule has 0 aliphatic heterocycles. The fourth-order valence-corrected chi connectivity index (χ4v) is 2.29. The van der Waals surface area contributed by atoms with Crippen molar-refractivity contribution in [1.29, 1.82) is 0 Å². The first kappa shape index (κ1) is 17.4. The fourth-order valence-electron chi connectivity index (χ4n) is 2.29. The van der Waals surface area contributed by atoms with E-state index in [-0.39, 0.29) is 24.9 Å². The molecule has 0 bridgehead atoms. The summed E-state index contributed by atoms with van der Waals surface area (Å²) in [6.45, 7) is 1.02. The zero-order valence-corrected chi connectivity index (χ0v) is 14.2. The summed E-state index contributed by atoms with van der Waals surface area (Å²) in [6, 6.07) is 18.5. The van der Waals surface area contributed by atoms with Gasteiger partial charge >= 0.3 is 5.97 Å². The first-order valence-corrected chi connectivity index (χ1v) is 8.02. The van der Waals surface area contributed by atoms with E-state index >= 15 is 0 Å². The van der Waals surface area contributed by atoms with E-state index in [1.807, 2.05) is 42.5 Å². The number of aryl methyl sites for hydroxylation is 1. The van der Waals surface area contributed by atoms with Crippen LogP contribution in [0.2, 0.25) is 0 Å². The monoisotopic (exact) mass is 351 g/mol. The number of hydrogen-bond donors (Lipinski definition) is 0. The molecule has 0 atom stereocenters. The number of esters is 1. The van der Waals surface area contributed by atoms with Crippen molar-refractivity contribution in [3.8, 4) is 17.0 Å². The number of aromatic nitrogens is 1. The van der Waals surface area contributed by atoms with Crippen molar-refractivity contribution in [2.24, 2.45) is 0 Å². The van der Waals surface area contributed by atoms with Crippen LogP contribution in [0.25, 0.3) is 11.1 Å². The van der Waals surface area contributed by atoms with E-state index in [2.05, 4.69) is 5.16 Å². The number of carbonyl (C=O) groups excluding carboxylic acids is 2. The van der Waals surface area contributed by atoms with Crippen LogP contribution < -0.4 is 4.74 Å². The Kier molecular flexibility index (Phi) is 5.43. The van der Waals surface area contributed by atoms with E-state index in [9.17, 15) is 9.59 Å². The molecule has 0 aliphatic carbocycles. The molecule has 0 saturated heterocycles. The lowest BCUT2D eigenvalue weighted by Gasteiger charge is -2.06. The lowest BCUT2D eigenvalue weighted by Crippen LogP contribution is -2.19. The van der Waals surface area contributed by atoms with Gasteiger partial charge in [0.2, 0.25) is 0 Å². The summed E-state index contributed by atoms with van der Waals surface area (Å²) >= 11 is 0. The van der Waals surface area contributed by atoms with Gasteiger partial charge in [0.15, 0.2) is 19.0 Å². The van der Waals surface area contributed by atoms with Gasteiger partial charge in [-0.3, -0.25) is 4.79 Å². The van der Waals surface area contributed by atoms with Crippen molar-refractivity contribution < 1.29 is 23.6 Å². The highest BCUT2D eigenvalue weighted by Crippen LogP contribution is 2.19. The second-order valence-electron chi connectivity index (χ2n) is 5.59. The first-order valence-electron chi connectivity index (χ1n) is 8.02. The lowest BCUT2D eigenvalue weighted by molar-refractivity contribution is -0.144. The molecule has 0 aliphatic rings. The number of ketones is 1. The Labute approximate surface area is 150 Å². The van der Waals surface area contributed by atoms with Gasteiger partial charge in [0.1, 0.15) is 5.76 Å². The van der Waals surface area contributed by atoms with Crippen molar-refractivity contribution in [2.45, 2.75) is 6.92 Å². The van der Waals surface area contributed by atoms with E-state index in [0.717, 1.165) is 11.1 Å². The minimum atomic E-state index is -0.653. The predicted molar refractivity (Wildman–Crippen MR) is 93.9 cm³/mol. The molecule has 0 amide bonds. The first-order chi connectivity index (χ1) is 12.6. The smallest absolute Gasteiger partial charge is 0.344 e. The zero-order chi connectivity index (χ0) is 18.4. The third-order valence-electron chi connectivity index (χ3n) is 3.62. The maximum absolute atomic E-state index is 12.1. The van der Waals surface area contributed by atoms with Crippen molar-refractivity contribution in [3.05, 3.63) is 72.0 Å². The lowest BCUT2D eigenvalue weighted by atomic mass is 10.0. The summed E-state index contributed by atoms with van der Waals surface area (Å²) in [5.74, 6) is -0.167. The van der Waals surface area contributed by atoms with E-state index in [0.29, 0.717) is 11.3 Å². The highest BCUT2D eigenvalue weighted by atomic mass is 16.6. The SMILES string of the molecule is Cc1cc(OCC(=O)OCC(=O)c2ccc(-c3ccccc3)cc2)no1. The topological polar surface area (TPSA) is 78.6 Å². The molecule has 132 valence electrons. The Morgan fingerprint density at radius 2 is 1.65 bits per heavy atom. The third-order valence-corrected chi connectivity index (χ3v) is 3.62. The van der Waals surface area contributed by atoms with Gasteiger partial charge in [-0.05, 0) is 23.2 Å². The van der Waals surface area contributed by atoms with Gasteiger partial charge < -0.3 is 14.0 Å². The van der Waals surface area contributed by atoms with Gasteiger partial charge in [-0.25, -0.2) is 4.79 Å². The van der Waals surface area contributed by atoms with Crippen LogP contribution in [0.3, 0.4) is 0 Å². The van der Waals surface area contributed by atoms with Crippen LogP contribution in [-0.2, 0) is 9.53 Å². The van der Waals surface area contributed by atoms with Gasteiger partial charge in [0.05, 0.1) is 0 Å². The largest absolute Gasteiger partial charge is 0.463 e. The van der Waals surface area contributed by atoms with Gasteiger partial charge in [0, 0.05) is 11.6 Å². The van der Waals surface area contributed by atoms with Crippen LogP contribution in [-0.4, -0.2) is 30.1 Å². The number of ether oxygens (including phenoxy) is 2. The molecule has 26 heavy (non-hydrogen) atoms. The number of carbonyl (C=O) groups is 2. The average molecular weight is 351 g/mol. The maximum atomic E-state index is 12.1. The van der Waals surface area contributed by atoms with Crippen molar-refractivity contribution >= 4 is 11.8 Å². The molecule has 3 rings (SSSR count). The number of Topliss-reactive ketones (excluding diaryl/α,β-unsaturated/α-hetero) is 1. The summed E-state index contributed by atoms with van der Waals surface area (Å²) in [5, 5.41) is 3.59.